The van der Waals surface area contributed by atoms with Gasteiger partial charge in [0, 0.05) is 18.7 Å². The smallest absolute Gasteiger partial charge is 0.221 e. The molecule has 4 nitrogen and oxygen atoms in total. The monoisotopic (exact) mass is 309 g/mol. The van der Waals surface area contributed by atoms with E-state index >= 15 is 0 Å². The molecular weight excluding hydrogens is 298 g/mol. The molecule has 1 N–H and O–H groups in total. The van der Waals surface area contributed by atoms with Crippen LogP contribution in [0.1, 0.15) is 16.6 Å². The normalized spacial score (nSPS) is 10.1. The third kappa shape index (κ3) is 4.08. The van der Waals surface area contributed by atoms with E-state index in [9.17, 15) is 9.59 Å². The van der Waals surface area contributed by atoms with Crippen LogP contribution in [0.2, 0.25) is 4.34 Å². The van der Waals surface area contributed by atoms with Crippen LogP contribution >= 0.6 is 22.9 Å². The lowest BCUT2D eigenvalue weighted by Crippen LogP contribution is -2.10. The summed E-state index contributed by atoms with van der Waals surface area (Å²) in [5, 5.41) is 2.65. The van der Waals surface area contributed by atoms with Crippen molar-refractivity contribution in [2.24, 2.45) is 0 Å². The molecule has 0 saturated carbocycles. The first-order chi connectivity index (χ1) is 9.54. The molecule has 0 aliphatic carbocycles. The van der Waals surface area contributed by atoms with E-state index < -0.39 is 0 Å². The van der Waals surface area contributed by atoms with Gasteiger partial charge in [-0.15, -0.1) is 11.3 Å². The zero-order valence-electron chi connectivity index (χ0n) is 10.7. The van der Waals surface area contributed by atoms with E-state index in [1.54, 1.807) is 36.4 Å². The second-order valence-electron chi connectivity index (χ2n) is 4.02. The minimum Gasteiger partial charge on any atom is -0.485 e. The van der Waals surface area contributed by atoms with Gasteiger partial charge < -0.3 is 10.1 Å². The molecule has 0 radical (unpaired) electrons. The standard InChI is InChI=1S/C14H12ClNO3S/c1-9(17)16-10-3-2-4-11(7-10)19-8-12(18)13-5-6-14(15)20-13/h2-7H,8H2,1H3,(H,16,17). The number of hydrogen-bond donors (Lipinski definition) is 1. The topological polar surface area (TPSA) is 55.4 Å². The van der Waals surface area contributed by atoms with Crippen molar-refractivity contribution in [1.82, 2.24) is 0 Å². The summed E-state index contributed by atoms with van der Waals surface area (Å²) in [6.45, 7) is 1.36. The van der Waals surface area contributed by atoms with Gasteiger partial charge in [-0.1, -0.05) is 17.7 Å². The van der Waals surface area contributed by atoms with Crippen LogP contribution in [0.4, 0.5) is 5.69 Å². The van der Waals surface area contributed by atoms with Gasteiger partial charge in [0.15, 0.2) is 6.61 Å². The molecule has 20 heavy (non-hydrogen) atoms. The predicted molar refractivity (Wildman–Crippen MR) is 79.9 cm³/mol. The molecule has 2 rings (SSSR count). The number of hydrogen-bond acceptors (Lipinski definition) is 4. The van der Waals surface area contributed by atoms with Crippen LogP contribution in [0.25, 0.3) is 0 Å². The molecule has 0 unspecified atom stereocenters. The molecule has 0 atom stereocenters. The van der Waals surface area contributed by atoms with Gasteiger partial charge >= 0.3 is 0 Å². The molecule has 1 heterocycles. The summed E-state index contributed by atoms with van der Waals surface area (Å²) in [5.74, 6) is 0.227. The fourth-order valence-electron chi connectivity index (χ4n) is 1.55. The molecule has 0 saturated heterocycles. The average Bonchev–Trinajstić information content (AvgIpc) is 2.82. The predicted octanol–water partition coefficient (Wildman–Crippen LogP) is 3.62. The lowest BCUT2D eigenvalue weighted by Gasteiger charge is -2.07. The summed E-state index contributed by atoms with van der Waals surface area (Å²) in [6, 6.07) is 10.2. The fraction of sp³-hybridized carbons (Fsp3) is 0.143. The van der Waals surface area contributed by atoms with Gasteiger partial charge in [0.25, 0.3) is 0 Å². The zero-order chi connectivity index (χ0) is 14.5. The minimum atomic E-state index is -0.161. The molecule has 0 bridgehead atoms. The number of Topliss-reactive ketones (excluding diaryl/α,β-unsaturated/α-hetero) is 1. The van der Waals surface area contributed by atoms with Crippen LogP contribution in [-0.2, 0) is 4.79 Å². The maximum atomic E-state index is 11.9. The van der Waals surface area contributed by atoms with Crippen molar-refractivity contribution in [2.45, 2.75) is 6.92 Å². The fourth-order valence-corrected chi connectivity index (χ4v) is 2.52. The van der Waals surface area contributed by atoms with E-state index in [2.05, 4.69) is 5.32 Å². The molecule has 0 aliphatic rings. The number of carbonyl (C=O) groups is 2. The summed E-state index contributed by atoms with van der Waals surface area (Å²) in [4.78, 5) is 23.4. The number of carbonyl (C=O) groups excluding carboxylic acids is 2. The van der Waals surface area contributed by atoms with Gasteiger partial charge in [-0.2, -0.15) is 0 Å². The molecule has 0 fully saturated rings. The van der Waals surface area contributed by atoms with E-state index in [0.717, 1.165) is 0 Å². The Bertz CT molecular complexity index is 639. The molecular formula is C14H12ClNO3S. The number of thiophene rings is 1. The number of nitrogens with one attached hydrogen (secondary N) is 1. The van der Waals surface area contributed by atoms with Gasteiger partial charge in [0.05, 0.1) is 9.21 Å². The SMILES string of the molecule is CC(=O)Nc1cccc(OCC(=O)c2ccc(Cl)s2)c1. The van der Waals surface area contributed by atoms with Crippen LogP contribution in [0.15, 0.2) is 36.4 Å². The van der Waals surface area contributed by atoms with E-state index in [0.29, 0.717) is 20.7 Å². The maximum absolute atomic E-state index is 11.9. The van der Waals surface area contributed by atoms with E-state index in [4.69, 9.17) is 16.3 Å². The summed E-state index contributed by atoms with van der Waals surface area (Å²) >= 11 is 7.00. The van der Waals surface area contributed by atoms with Crippen LogP contribution < -0.4 is 10.1 Å². The Morgan fingerprint density at radius 2 is 2.10 bits per heavy atom. The van der Waals surface area contributed by atoms with Gasteiger partial charge in [0.1, 0.15) is 5.75 Å². The first-order valence-corrected chi connectivity index (χ1v) is 7.03. The molecule has 1 aromatic heterocycles. The highest BCUT2D eigenvalue weighted by molar-refractivity contribution is 7.18. The zero-order valence-corrected chi connectivity index (χ0v) is 12.3. The number of anilines is 1. The van der Waals surface area contributed by atoms with Crippen molar-refractivity contribution in [2.75, 3.05) is 11.9 Å². The summed E-state index contributed by atoms with van der Waals surface area (Å²) in [5.41, 5.74) is 0.626. The molecule has 1 amide bonds. The quantitative estimate of drug-likeness (QED) is 0.858. The number of rotatable bonds is 5. The summed E-state index contributed by atoms with van der Waals surface area (Å²) < 4.78 is 5.99. The Hall–Kier alpha value is -1.85. The molecule has 0 spiro atoms. The lowest BCUT2D eigenvalue weighted by atomic mass is 10.3. The lowest BCUT2D eigenvalue weighted by molar-refractivity contribution is -0.114. The molecule has 2 aromatic rings. The van der Waals surface area contributed by atoms with E-state index in [-0.39, 0.29) is 18.3 Å². The van der Waals surface area contributed by atoms with E-state index in [1.165, 1.54) is 18.3 Å². The third-order valence-electron chi connectivity index (χ3n) is 2.37. The first-order valence-electron chi connectivity index (χ1n) is 5.83. The Kier molecular flexibility index (Phi) is 4.76. The second-order valence-corrected chi connectivity index (χ2v) is 5.74. The van der Waals surface area contributed by atoms with Crippen molar-refractivity contribution in [3.63, 3.8) is 0 Å². The van der Waals surface area contributed by atoms with Crippen molar-refractivity contribution < 1.29 is 14.3 Å². The molecule has 104 valence electrons. The Labute approximate surface area is 125 Å². The highest BCUT2D eigenvalue weighted by Crippen LogP contribution is 2.22. The van der Waals surface area contributed by atoms with Crippen LogP contribution in [-0.4, -0.2) is 18.3 Å². The van der Waals surface area contributed by atoms with Crippen LogP contribution in [0.5, 0.6) is 5.75 Å². The van der Waals surface area contributed by atoms with Gasteiger partial charge in [0.2, 0.25) is 11.7 Å². The van der Waals surface area contributed by atoms with Crippen molar-refractivity contribution >= 4 is 40.3 Å². The third-order valence-corrected chi connectivity index (χ3v) is 3.64. The highest BCUT2D eigenvalue weighted by Gasteiger charge is 2.10. The second kappa shape index (κ2) is 6.54. The van der Waals surface area contributed by atoms with Crippen molar-refractivity contribution in [1.29, 1.82) is 0 Å². The number of ether oxygens (including phenoxy) is 1. The van der Waals surface area contributed by atoms with E-state index in [1.807, 2.05) is 0 Å². The van der Waals surface area contributed by atoms with Gasteiger partial charge in [-0.05, 0) is 24.3 Å². The number of amides is 1. The summed E-state index contributed by atoms with van der Waals surface area (Å²) in [7, 11) is 0. The number of ketones is 1. The van der Waals surface area contributed by atoms with Crippen LogP contribution in [0.3, 0.4) is 0 Å². The highest BCUT2D eigenvalue weighted by atomic mass is 35.5. The Morgan fingerprint density at radius 1 is 1.30 bits per heavy atom. The number of halogens is 1. The first kappa shape index (κ1) is 14.6. The molecule has 6 heteroatoms. The maximum Gasteiger partial charge on any atom is 0.221 e. The largest absolute Gasteiger partial charge is 0.485 e. The van der Waals surface area contributed by atoms with Gasteiger partial charge in [-0.25, -0.2) is 0 Å². The van der Waals surface area contributed by atoms with Crippen molar-refractivity contribution in [3.8, 4) is 5.75 Å². The number of benzene rings is 1. The van der Waals surface area contributed by atoms with Crippen LogP contribution in [0, 0.1) is 0 Å². The Morgan fingerprint density at radius 3 is 2.75 bits per heavy atom. The molecule has 1 aromatic carbocycles. The summed E-state index contributed by atoms with van der Waals surface area (Å²) in [6.07, 6.45) is 0. The average molecular weight is 310 g/mol. The molecule has 0 aliphatic heterocycles. The minimum absolute atomic E-state index is 0.0691. The van der Waals surface area contributed by atoms with Gasteiger partial charge in [-0.3, -0.25) is 9.59 Å². The Balaban J connectivity index is 1.97. The van der Waals surface area contributed by atoms with Crippen molar-refractivity contribution in [3.05, 3.63) is 45.6 Å².